The van der Waals surface area contributed by atoms with Crippen LogP contribution in [-0.2, 0) is 22.4 Å². The van der Waals surface area contributed by atoms with Crippen LogP contribution in [0.3, 0.4) is 0 Å². The molecule has 5 rings (SSSR count). The van der Waals surface area contributed by atoms with Gasteiger partial charge in [0, 0.05) is 47.4 Å². The molecule has 2 amide bonds. The predicted molar refractivity (Wildman–Crippen MR) is 133 cm³/mol. The van der Waals surface area contributed by atoms with Crippen molar-refractivity contribution >= 4 is 52.1 Å². The molecule has 33 heavy (non-hydrogen) atoms. The Bertz CT molecular complexity index is 1330. The van der Waals surface area contributed by atoms with Crippen molar-refractivity contribution in [3.63, 3.8) is 0 Å². The number of likely N-dealkylation sites (N-methyl/N-ethyl adjacent to an activating group) is 2. The molecule has 0 fully saturated rings. The number of hydrogen-bond donors (Lipinski definition) is 0. The predicted octanol–water partition coefficient (Wildman–Crippen LogP) is 4.94. The van der Waals surface area contributed by atoms with Crippen LogP contribution in [0.2, 0.25) is 10.0 Å². The maximum absolute atomic E-state index is 13.4. The Kier molecular flexibility index (Phi) is 5.47. The van der Waals surface area contributed by atoms with Crippen LogP contribution >= 0.6 is 23.2 Å². The van der Waals surface area contributed by atoms with Gasteiger partial charge in [-0.15, -0.1) is 0 Å². The van der Waals surface area contributed by atoms with Crippen molar-refractivity contribution in [2.75, 3.05) is 23.9 Å². The van der Waals surface area contributed by atoms with E-state index in [4.69, 9.17) is 28.2 Å². The second kappa shape index (κ2) is 8.32. The number of hydrogen-bond acceptors (Lipinski definition) is 3. The summed E-state index contributed by atoms with van der Waals surface area (Å²) in [7, 11) is 3.53. The van der Waals surface area contributed by atoms with E-state index in [0.717, 1.165) is 33.6 Å². The van der Waals surface area contributed by atoms with Gasteiger partial charge in [-0.3, -0.25) is 14.6 Å². The van der Waals surface area contributed by atoms with Gasteiger partial charge in [0.1, 0.15) is 6.04 Å². The molecular weight excluding hydrogens is 457 g/mol. The first-order valence-corrected chi connectivity index (χ1v) is 11.4. The molecule has 1 atom stereocenters. The first-order valence-electron chi connectivity index (χ1n) is 10.6. The number of fused-ring (bicyclic) bond motifs is 2. The number of benzene rings is 3. The monoisotopic (exact) mass is 477 g/mol. The van der Waals surface area contributed by atoms with Gasteiger partial charge in [-0.2, -0.15) is 0 Å². The van der Waals surface area contributed by atoms with Gasteiger partial charge in [0.05, 0.1) is 17.8 Å². The van der Waals surface area contributed by atoms with Gasteiger partial charge in [-0.1, -0.05) is 47.5 Å². The van der Waals surface area contributed by atoms with Crippen LogP contribution in [0.5, 0.6) is 0 Å². The van der Waals surface area contributed by atoms with Crippen LogP contribution in [0.4, 0.5) is 11.4 Å². The number of carbonyl (C=O) groups excluding carboxylic acids is 2. The van der Waals surface area contributed by atoms with Crippen LogP contribution in [0.1, 0.15) is 22.3 Å². The van der Waals surface area contributed by atoms with Crippen LogP contribution in [0, 0.1) is 0 Å². The Hall–Kier alpha value is -3.15. The van der Waals surface area contributed by atoms with E-state index in [2.05, 4.69) is 0 Å². The van der Waals surface area contributed by atoms with Crippen molar-refractivity contribution in [1.82, 2.24) is 0 Å². The van der Waals surface area contributed by atoms with Gasteiger partial charge < -0.3 is 9.80 Å². The molecule has 3 aromatic rings. The first-order chi connectivity index (χ1) is 15.8. The third-order valence-corrected chi connectivity index (χ3v) is 6.70. The van der Waals surface area contributed by atoms with E-state index >= 15 is 0 Å². The lowest BCUT2D eigenvalue weighted by atomic mass is 9.98. The van der Waals surface area contributed by atoms with Gasteiger partial charge in [0.2, 0.25) is 5.91 Å². The molecule has 0 saturated carbocycles. The number of aliphatic imine (C=N–C) groups is 1. The zero-order chi connectivity index (χ0) is 23.3. The zero-order valence-corrected chi connectivity index (χ0v) is 19.7. The third-order valence-electron chi connectivity index (χ3n) is 6.23. The van der Waals surface area contributed by atoms with Crippen LogP contribution in [0.15, 0.2) is 65.7 Å². The molecule has 5 nitrogen and oxygen atoms in total. The van der Waals surface area contributed by atoms with E-state index in [1.807, 2.05) is 48.5 Å². The highest BCUT2D eigenvalue weighted by molar-refractivity contribution is 6.32. The highest BCUT2D eigenvalue weighted by atomic mass is 35.5. The van der Waals surface area contributed by atoms with Gasteiger partial charge in [0.15, 0.2) is 0 Å². The standard InChI is InChI=1S/C26H21Cl2N3O2/c1-30-23-12-17(7-6-16(23)13-24(30)32)25-20-14-19(28)8-9-22(20)31(2)26(33)21(29-25)11-15-4-3-5-18(27)10-15/h3-10,12,14,21H,11,13H2,1-2H3. The highest BCUT2D eigenvalue weighted by Gasteiger charge is 2.31. The second-order valence-corrected chi connectivity index (χ2v) is 9.23. The molecular formula is C26H21Cl2N3O2. The highest BCUT2D eigenvalue weighted by Crippen LogP contribution is 2.34. The Balaban J connectivity index is 1.67. The summed E-state index contributed by atoms with van der Waals surface area (Å²) in [6, 6.07) is 18.2. The summed E-state index contributed by atoms with van der Waals surface area (Å²) in [5, 5.41) is 1.18. The Morgan fingerprint density at radius 3 is 2.48 bits per heavy atom. The molecule has 0 saturated heterocycles. The number of carbonyl (C=O) groups is 2. The van der Waals surface area contributed by atoms with Crippen molar-refractivity contribution in [3.05, 3.63) is 93.0 Å². The van der Waals surface area contributed by atoms with E-state index in [9.17, 15) is 9.59 Å². The molecule has 0 bridgehead atoms. The van der Waals surface area contributed by atoms with E-state index in [1.165, 1.54) is 0 Å². The molecule has 166 valence electrons. The average molecular weight is 478 g/mol. The minimum absolute atomic E-state index is 0.0575. The molecule has 0 N–H and O–H groups in total. The second-order valence-electron chi connectivity index (χ2n) is 8.36. The lowest BCUT2D eigenvalue weighted by Crippen LogP contribution is -2.36. The average Bonchev–Trinajstić information content (AvgIpc) is 3.03. The molecule has 2 aliphatic rings. The number of amides is 2. The van der Waals surface area contributed by atoms with Crippen molar-refractivity contribution in [2.45, 2.75) is 18.9 Å². The fourth-order valence-corrected chi connectivity index (χ4v) is 4.84. The summed E-state index contributed by atoms with van der Waals surface area (Å²) in [5.74, 6) is -0.0517. The Morgan fingerprint density at radius 2 is 1.70 bits per heavy atom. The maximum Gasteiger partial charge on any atom is 0.251 e. The number of rotatable bonds is 3. The summed E-state index contributed by atoms with van der Waals surface area (Å²) >= 11 is 12.5. The number of nitrogens with zero attached hydrogens (tertiary/aromatic N) is 3. The van der Waals surface area contributed by atoms with Gasteiger partial charge in [0.25, 0.3) is 5.91 Å². The van der Waals surface area contributed by atoms with Gasteiger partial charge in [-0.05, 0) is 47.5 Å². The van der Waals surface area contributed by atoms with Crippen molar-refractivity contribution in [2.24, 2.45) is 4.99 Å². The molecule has 7 heteroatoms. The molecule has 0 spiro atoms. The Morgan fingerprint density at radius 1 is 0.909 bits per heavy atom. The number of benzodiazepines with no additional fused rings is 1. The quantitative estimate of drug-likeness (QED) is 0.536. The maximum atomic E-state index is 13.4. The Labute approximate surface area is 202 Å². The van der Waals surface area contributed by atoms with Crippen molar-refractivity contribution in [1.29, 1.82) is 0 Å². The molecule has 2 aliphatic heterocycles. The normalized spacial score (nSPS) is 17.6. The lowest BCUT2D eigenvalue weighted by Gasteiger charge is -2.20. The topological polar surface area (TPSA) is 53.0 Å². The van der Waals surface area contributed by atoms with Crippen LogP contribution in [-0.4, -0.2) is 37.7 Å². The van der Waals surface area contributed by atoms with Gasteiger partial charge >= 0.3 is 0 Å². The number of anilines is 2. The molecule has 0 aliphatic carbocycles. The summed E-state index contributed by atoms with van der Waals surface area (Å²) in [5.41, 5.74) is 5.79. The largest absolute Gasteiger partial charge is 0.315 e. The fourth-order valence-electron chi connectivity index (χ4n) is 4.45. The fraction of sp³-hybridized carbons (Fsp3) is 0.192. The van der Waals surface area contributed by atoms with Crippen LogP contribution < -0.4 is 9.80 Å². The molecule has 2 heterocycles. The van der Waals surface area contributed by atoms with Crippen LogP contribution in [0.25, 0.3) is 0 Å². The van der Waals surface area contributed by atoms with E-state index in [1.54, 1.807) is 36.0 Å². The summed E-state index contributed by atoms with van der Waals surface area (Å²) in [4.78, 5) is 33.9. The van der Waals surface area contributed by atoms with E-state index < -0.39 is 6.04 Å². The SMILES string of the molecule is CN1C(=O)Cc2ccc(C3=NC(Cc4cccc(Cl)c4)C(=O)N(C)c4ccc(Cl)cc43)cc21. The third kappa shape index (κ3) is 3.92. The lowest BCUT2D eigenvalue weighted by molar-refractivity contribution is -0.119. The van der Waals surface area contributed by atoms with E-state index in [-0.39, 0.29) is 11.8 Å². The summed E-state index contributed by atoms with van der Waals surface area (Å²) in [6.07, 6.45) is 0.803. The van der Waals surface area contributed by atoms with Crippen molar-refractivity contribution in [3.8, 4) is 0 Å². The molecule has 0 radical (unpaired) electrons. The van der Waals surface area contributed by atoms with Gasteiger partial charge in [-0.25, -0.2) is 0 Å². The molecule has 3 aromatic carbocycles. The molecule has 0 aromatic heterocycles. The zero-order valence-electron chi connectivity index (χ0n) is 18.2. The molecule has 1 unspecified atom stereocenters. The smallest absolute Gasteiger partial charge is 0.251 e. The first kappa shape index (κ1) is 21.7. The summed E-state index contributed by atoms with van der Waals surface area (Å²) in [6.45, 7) is 0. The number of halogens is 2. The van der Waals surface area contributed by atoms with E-state index in [0.29, 0.717) is 28.6 Å². The minimum Gasteiger partial charge on any atom is -0.315 e. The van der Waals surface area contributed by atoms with Crippen molar-refractivity contribution < 1.29 is 9.59 Å². The summed E-state index contributed by atoms with van der Waals surface area (Å²) < 4.78 is 0. The minimum atomic E-state index is -0.637.